The van der Waals surface area contributed by atoms with Crippen molar-refractivity contribution in [1.82, 2.24) is 0 Å². The number of para-hydroxylation sites is 2. The van der Waals surface area contributed by atoms with E-state index in [4.69, 9.17) is 13.0 Å². The maximum Gasteiger partial charge on any atom is 2.00 e. The monoisotopic (exact) mass is 686 g/mol. The average molecular weight is 687 g/mol. The van der Waals surface area contributed by atoms with E-state index in [0.29, 0.717) is 23.7 Å². The zero-order valence-electron chi connectivity index (χ0n) is 27.0. The number of anilines is 2. The van der Waals surface area contributed by atoms with Crippen LogP contribution in [0.4, 0.5) is 24.5 Å². The molecule has 0 aromatic heterocycles. The summed E-state index contributed by atoms with van der Waals surface area (Å²) in [4.78, 5) is 4.40. The first-order valence-corrected chi connectivity index (χ1v) is 15.9. The number of rotatable bonds is 6. The van der Waals surface area contributed by atoms with Crippen LogP contribution in [0, 0.1) is 25.9 Å². The Hall–Kier alpha value is -2.55. The van der Waals surface area contributed by atoms with Crippen LogP contribution in [-0.2, 0) is 26.6 Å². The molecule has 1 heterocycles. The van der Waals surface area contributed by atoms with Crippen LogP contribution >= 0.6 is 0 Å². The quantitative estimate of drug-likeness (QED) is 0.172. The smallest absolute Gasteiger partial charge is 0.741 e. The number of alkyl halides is 3. The van der Waals surface area contributed by atoms with Gasteiger partial charge in [-0.15, -0.1) is 0 Å². The molecule has 2 aromatic rings. The van der Waals surface area contributed by atoms with E-state index in [1.807, 2.05) is 30.7 Å². The second-order valence-corrected chi connectivity index (χ2v) is 13.1. The largest absolute Gasteiger partial charge is 2.00 e. The Bertz CT molecular complexity index is 1310. The Morgan fingerprint density at radius 2 is 1.04 bits per heavy atom. The number of nitrogens with zero attached hydrogens (tertiary/aromatic N) is 2. The third kappa shape index (κ3) is 11.3. The predicted molar refractivity (Wildman–Crippen MR) is 174 cm³/mol. The summed E-state index contributed by atoms with van der Waals surface area (Å²) in [6.45, 7) is 25.5. The van der Waals surface area contributed by atoms with Gasteiger partial charge in [-0.3, -0.25) is 0 Å². The predicted octanol–water partition coefficient (Wildman–Crippen LogP) is 9.75. The van der Waals surface area contributed by atoms with Gasteiger partial charge < -0.3 is 14.4 Å². The van der Waals surface area contributed by atoms with Crippen LogP contribution < -0.4 is 9.80 Å². The van der Waals surface area contributed by atoms with Crippen molar-refractivity contribution in [3.8, 4) is 0 Å². The topological polar surface area (TPSA) is 63.7 Å². The first-order valence-electron chi connectivity index (χ1n) is 14.5. The molecule has 0 bridgehead atoms. The third-order valence-corrected chi connectivity index (χ3v) is 7.44. The number of hydrogen-bond donors (Lipinski definition) is 0. The van der Waals surface area contributed by atoms with Crippen molar-refractivity contribution in [2.45, 2.75) is 84.6 Å². The summed E-state index contributed by atoms with van der Waals surface area (Å²) in [6.07, 6.45) is 14.2. The number of halogens is 3. The standard InChI is InChI=1S/C27H36N2.C7H7.CHF3O3S.Ni/c1-18(2)22-11-9-12-23(19(3)4)26(22)28-15-16-29(17-28)27-24(20(5)6)13-10-14-25(27)21(7)8;1-7-5-3-2-4-6-7;2-1(3,4)8(5,6)7;/h9-16,18-21H,1-8H3;2-6H,1H2;(H,5,6,7);/q;;;+2/p-1. The van der Waals surface area contributed by atoms with Gasteiger partial charge in [-0.05, 0) is 59.3 Å². The van der Waals surface area contributed by atoms with E-state index in [2.05, 4.69) is 128 Å². The first-order chi connectivity index (χ1) is 20.4. The van der Waals surface area contributed by atoms with Crippen molar-refractivity contribution in [2.24, 2.45) is 0 Å². The fraction of sp³-hybridized carbons (Fsp3) is 0.371. The Labute approximate surface area is 279 Å². The third-order valence-electron chi connectivity index (χ3n) is 6.87. The molecular weight excluding hydrogens is 644 g/mol. The van der Waals surface area contributed by atoms with Gasteiger partial charge in [0.2, 0.25) is 6.67 Å². The van der Waals surface area contributed by atoms with E-state index < -0.39 is 15.6 Å². The van der Waals surface area contributed by atoms with Crippen molar-refractivity contribution in [2.75, 3.05) is 9.80 Å². The van der Waals surface area contributed by atoms with E-state index in [1.54, 1.807) is 0 Å². The molecule has 10 heteroatoms. The van der Waals surface area contributed by atoms with Crippen molar-refractivity contribution in [3.05, 3.63) is 121 Å². The Kier molecular flexibility index (Phi) is 15.6. The van der Waals surface area contributed by atoms with Crippen LogP contribution in [0.1, 0.15) is 101 Å². The molecule has 0 amide bonds. The zero-order chi connectivity index (χ0) is 33.4. The Morgan fingerprint density at radius 3 is 1.24 bits per heavy atom. The molecule has 0 N–H and O–H groups in total. The molecule has 45 heavy (non-hydrogen) atoms. The number of hydrogen-bond acceptors (Lipinski definition) is 5. The summed E-state index contributed by atoms with van der Waals surface area (Å²) >= 11 is 0. The van der Waals surface area contributed by atoms with E-state index >= 15 is 0 Å². The SMILES string of the molecule is CC(C)c1cccc(C(C)C)c1N1[C]N(c2c(C(C)C)cccc2C(C)C)C=C1.O=S(=O)([O-])C(F)(F)F.[CH2][C]1[CH]C=CC=C1.[Ni+2]. The molecule has 5 radical (unpaired) electrons. The molecule has 2 aliphatic rings. The van der Waals surface area contributed by atoms with Gasteiger partial charge in [-0.2, -0.15) is 13.2 Å². The molecule has 5 nitrogen and oxygen atoms in total. The first kappa shape index (κ1) is 40.5. The van der Waals surface area contributed by atoms with E-state index in [1.165, 1.54) is 33.6 Å². The molecule has 0 spiro atoms. The normalized spacial score (nSPS) is 15.0. The summed E-state index contributed by atoms with van der Waals surface area (Å²) < 4.78 is 58.9. The van der Waals surface area contributed by atoms with Crippen LogP contribution in [0.5, 0.6) is 0 Å². The molecule has 1 aliphatic carbocycles. The Balaban J connectivity index is 0.000000520. The van der Waals surface area contributed by atoms with Gasteiger partial charge in [0.1, 0.15) is 0 Å². The number of benzene rings is 2. The minimum absolute atomic E-state index is 0. The molecular formula is C35H43F3N2NiO3S+. The van der Waals surface area contributed by atoms with Crippen LogP contribution in [0.3, 0.4) is 0 Å². The van der Waals surface area contributed by atoms with E-state index in [-0.39, 0.29) is 16.5 Å². The maximum atomic E-state index is 10.7. The molecule has 0 saturated heterocycles. The summed E-state index contributed by atoms with van der Waals surface area (Å²) in [5.41, 5.74) is 2.40. The van der Waals surface area contributed by atoms with Crippen LogP contribution in [0.15, 0.2) is 73.1 Å². The van der Waals surface area contributed by atoms with Crippen molar-refractivity contribution < 1.29 is 42.6 Å². The van der Waals surface area contributed by atoms with Gasteiger partial charge in [-0.25, -0.2) is 8.42 Å². The van der Waals surface area contributed by atoms with E-state index in [0.717, 1.165) is 5.92 Å². The molecule has 0 fully saturated rings. The summed E-state index contributed by atoms with van der Waals surface area (Å²) in [5, 5.41) is 0. The molecule has 2 aromatic carbocycles. The number of allylic oxidation sites excluding steroid dienone is 4. The van der Waals surface area contributed by atoms with Gasteiger partial charge in [0.05, 0.1) is 11.4 Å². The van der Waals surface area contributed by atoms with Gasteiger partial charge in [0.15, 0.2) is 10.1 Å². The second-order valence-electron chi connectivity index (χ2n) is 11.7. The maximum absolute atomic E-state index is 10.7. The van der Waals surface area contributed by atoms with Crippen LogP contribution in [0.2, 0.25) is 0 Å². The average Bonchev–Trinajstić information content (AvgIpc) is 3.42. The van der Waals surface area contributed by atoms with Crippen molar-refractivity contribution >= 4 is 21.5 Å². The second kappa shape index (κ2) is 17.4. The molecule has 1 aliphatic heterocycles. The molecule has 247 valence electrons. The fourth-order valence-corrected chi connectivity index (χ4v) is 4.62. The van der Waals surface area contributed by atoms with Gasteiger partial charge in [-0.1, -0.05) is 116 Å². The summed E-state index contributed by atoms with van der Waals surface area (Å²) in [6, 6.07) is 13.4. The van der Waals surface area contributed by atoms with Gasteiger partial charge >= 0.3 is 22.0 Å². The van der Waals surface area contributed by atoms with Gasteiger partial charge in [0, 0.05) is 18.3 Å². The van der Waals surface area contributed by atoms with E-state index in [9.17, 15) is 13.2 Å². The van der Waals surface area contributed by atoms with Crippen molar-refractivity contribution in [1.29, 1.82) is 0 Å². The molecule has 0 unspecified atom stereocenters. The van der Waals surface area contributed by atoms with Crippen LogP contribution in [0.25, 0.3) is 0 Å². The minimum Gasteiger partial charge on any atom is -0.741 e. The molecule has 0 atom stereocenters. The summed E-state index contributed by atoms with van der Waals surface area (Å²) in [5.74, 6) is 2.91. The molecule has 4 rings (SSSR count). The van der Waals surface area contributed by atoms with Crippen molar-refractivity contribution in [3.63, 3.8) is 0 Å². The fourth-order valence-electron chi connectivity index (χ4n) is 4.62. The van der Waals surface area contributed by atoms with Gasteiger partial charge in [0.25, 0.3) is 0 Å². The summed E-state index contributed by atoms with van der Waals surface area (Å²) in [7, 11) is -6.09. The molecule has 0 saturated carbocycles. The minimum atomic E-state index is -6.09. The Morgan fingerprint density at radius 1 is 0.711 bits per heavy atom. The zero-order valence-corrected chi connectivity index (χ0v) is 28.8. The van der Waals surface area contributed by atoms with Crippen LogP contribution in [-0.4, -0.2) is 18.5 Å².